The quantitative estimate of drug-likeness (QED) is 0.727. The van der Waals surface area contributed by atoms with Crippen LogP contribution in [0.1, 0.15) is 44.5 Å². The van der Waals surface area contributed by atoms with Gasteiger partial charge >= 0.3 is 0 Å². The molecule has 0 spiro atoms. The van der Waals surface area contributed by atoms with E-state index in [1.807, 2.05) is 20.8 Å². The predicted octanol–water partition coefficient (Wildman–Crippen LogP) is 4.81. The summed E-state index contributed by atoms with van der Waals surface area (Å²) >= 11 is 29.7. The van der Waals surface area contributed by atoms with E-state index in [4.69, 9.17) is 58.0 Å². The number of aromatic nitrogens is 3. The van der Waals surface area contributed by atoms with Gasteiger partial charge in [0, 0.05) is 6.54 Å². The standard InChI is InChI=1S/C10H14Cl5N3/c1-4-5-18-7(6(2)3)8(16-17-18)9(11,12)10(13,14)15/h6H,4-5H2,1-3H3. The molecular formula is C10H14Cl5N3. The molecule has 0 bridgehead atoms. The normalized spacial score (nSPS) is 13.4. The molecule has 1 heterocycles. The first-order valence-electron chi connectivity index (χ1n) is 5.51. The van der Waals surface area contributed by atoms with Crippen LogP contribution in [0.5, 0.6) is 0 Å². The monoisotopic (exact) mass is 351 g/mol. The minimum atomic E-state index is -1.88. The molecule has 0 radical (unpaired) electrons. The Kier molecular flexibility index (Phi) is 5.48. The van der Waals surface area contributed by atoms with Gasteiger partial charge < -0.3 is 0 Å². The van der Waals surface area contributed by atoms with Gasteiger partial charge in [0.05, 0.1) is 5.69 Å². The third-order valence-corrected chi connectivity index (χ3v) is 4.76. The van der Waals surface area contributed by atoms with Crippen LogP contribution in [0.4, 0.5) is 0 Å². The largest absolute Gasteiger partial charge is 0.249 e. The van der Waals surface area contributed by atoms with E-state index in [0.29, 0.717) is 12.2 Å². The van der Waals surface area contributed by atoms with Crippen molar-refractivity contribution < 1.29 is 0 Å². The minimum absolute atomic E-state index is 0.116. The van der Waals surface area contributed by atoms with E-state index < -0.39 is 8.13 Å². The van der Waals surface area contributed by atoms with E-state index in [-0.39, 0.29) is 5.92 Å². The van der Waals surface area contributed by atoms with Gasteiger partial charge in [0.25, 0.3) is 0 Å². The summed E-state index contributed by atoms with van der Waals surface area (Å²) in [4.78, 5) is 0. The zero-order chi connectivity index (χ0) is 14.1. The van der Waals surface area contributed by atoms with Crippen LogP contribution in [0.2, 0.25) is 0 Å². The molecule has 0 saturated carbocycles. The van der Waals surface area contributed by atoms with Crippen LogP contribution in [0.3, 0.4) is 0 Å². The molecule has 0 aromatic carbocycles. The summed E-state index contributed by atoms with van der Waals surface area (Å²) in [5.74, 6) is 0.116. The van der Waals surface area contributed by atoms with Crippen molar-refractivity contribution in [1.82, 2.24) is 15.0 Å². The molecule has 0 N–H and O–H groups in total. The van der Waals surface area contributed by atoms with Crippen molar-refractivity contribution >= 4 is 58.0 Å². The highest BCUT2D eigenvalue weighted by Gasteiger charge is 2.51. The van der Waals surface area contributed by atoms with Crippen molar-refractivity contribution in [1.29, 1.82) is 0 Å². The van der Waals surface area contributed by atoms with Crippen LogP contribution in [-0.4, -0.2) is 18.8 Å². The highest BCUT2D eigenvalue weighted by Crippen LogP contribution is 2.53. The maximum absolute atomic E-state index is 6.15. The van der Waals surface area contributed by atoms with Gasteiger partial charge in [-0.1, -0.05) is 84.0 Å². The van der Waals surface area contributed by atoms with Crippen molar-refractivity contribution in [2.75, 3.05) is 0 Å². The van der Waals surface area contributed by atoms with Crippen molar-refractivity contribution in [3.63, 3.8) is 0 Å². The van der Waals surface area contributed by atoms with Crippen LogP contribution >= 0.6 is 58.0 Å². The summed E-state index contributed by atoms with van der Waals surface area (Å²) in [6.45, 7) is 6.71. The summed E-state index contributed by atoms with van der Waals surface area (Å²) in [5.41, 5.74) is 1.09. The summed E-state index contributed by atoms with van der Waals surface area (Å²) in [6, 6.07) is 0. The Hall–Kier alpha value is 0.590. The van der Waals surface area contributed by atoms with E-state index in [0.717, 1.165) is 12.1 Å². The van der Waals surface area contributed by atoms with Crippen LogP contribution in [0, 0.1) is 0 Å². The highest BCUT2D eigenvalue weighted by molar-refractivity contribution is 6.75. The lowest BCUT2D eigenvalue weighted by atomic mass is 10.1. The third kappa shape index (κ3) is 3.18. The molecule has 0 fully saturated rings. The lowest BCUT2D eigenvalue weighted by Crippen LogP contribution is -2.30. The molecule has 3 nitrogen and oxygen atoms in total. The molecule has 0 atom stereocenters. The number of halogens is 5. The van der Waals surface area contributed by atoms with Crippen molar-refractivity contribution in [2.24, 2.45) is 0 Å². The Balaban J connectivity index is 3.33. The number of hydrogen-bond acceptors (Lipinski definition) is 2. The van der Waals surface area contributed by atoms with Crippen molar-refractivity contribution in [3.8, 4) is 0 Å². The van der Waals surface area contributed by atoms with Gasteiger partial charge in [0.15, 0.2) is 0 Å². The van der Waals surface area contributed by atoms with Crippen LogP contribution < -0.4 is 0 Å². The highest BCUT2D eigenvalue weighted by atomic mass is 35.6. The van der Waals surface area contributed by atoms with Gasteiger partial charge in [-0.15, -0.1) is 5.10 Å². The molecule has 0 unspecified atom stereocenters. The molecule has 0 aliphatic carbocycles. The molecule has 0 aliphatic heterocycles. The van der Waals surface area contributed by atoms with Crippen molar-refractivity contribution in [3.05, 3.63) is 11.4 Å². The smallest absolute Gasteiger partial charge is 0.228 e. The molecule has 1 rings (SSSR count). The summed E-state index contributed by atoms with van der Waals surface area (Å²) in [5, 5.41) is 8.02. The van der Waals surface area contributed by atoms with Gasteiger partial charge in [-0.05, 0) is 12.3 Å². The second-order valence-corrected chi connectivity index (χ2v) is 7.88. The number of aryl methyl sites for hydroxylation is 1. The van der Waals surface area contributed by atoms with Crippen LogP contribution in [-0.2, 0) is 10.9 Å². The Labute approximate surface area is 132 Å². The molecule has 0 aliphatic rings. The summed E-state index contributed by atoms with van der Waals surface area (Å²) < 4.78 is -1.87. The Morgan fingerprint density at radius 1 is 1.17 bits per heavy atom. The summed E-state index contributed by atoms with van der Waals surface area (Å²) in [7, 11) is 0. The first-order valence-corrected chi connectivity index (χ1v) is 7.40. The van der Waals surface area contributed by atoms with Crippen LogP contribution in [0.15, 0.2) is 0 Å². The van der Waals surface area contributed by atoms with E-state index >= 15 is 0 Å². The molecule has 18 heavy (non-hydrogen) atoms. The maximum Gasteiger partial charge on any atom is 0.228 e. The fourth-order valence-corrected chi connectivity index (χ4v) is 2.16. The fourth-order valence-electron chi connectivity index (χ4n) is 1.63. The number of alkyl halides is 5. The van der Waals surface area contributed by atoms with Crippen LogP contribution in [0.25, 0.3) is 0 Å². The SMILES string of the molecule is CCCn1nnc(C(Cl)(Cl)C(Cl)(Cl)Cl)c1C(C)C. The zero-order valence-electron chi connectivity index (χ0n) is 10.2. The molecule has 0 saturated heterocycles. The Morgan fingerprint density at radius 2 is 1.72 bits per heavy atom. The van der Waals surface area contributed by atoms with E-state index in [9.17, 15) is 0 Å². The third-order valence-electron chi connectivity index (χ3n) is 2.41. The minimum Gasteiger partial charge on any atom is -0.249 e. The first kappa shape index (κ1) is 16.6. The number of hydrogen-bond donors (Lipinski definition) is 0. The first-order chi connectivity index (χ1) is 8.13. The summed E-state index contributed by atoms with van der Waals surface area (Å²) in [6.07, 6.45) is 0.911. The number of nitrogens with zero attached hydrogens (tertiary/aromatic N) is 3. The predicted molar refractivity (Wildman–Crippen MR) is 78.1 cm³/mol. The Morgan fingerprint density at radius 3 is 2.11 bits per heavy atom. The molecule has 1 aromatic rings. The van der Waals surface area contributed by atoms with Gasteiger partial charge in [-0.2, -0.15) is 0 Å². The average molecular weight is 354 g/mol. The van der Waals surface area contributed by atoms with E-state index in [2.05, 4.69) is 10.3 Å². The maximum atomic E-state index is 6.15. The van der Waals surface area contributed by atoms with Gasteiger partial charge in [-0.25, -0.2) is 4.68 Å². The lowest BCUT2D eigenvalue weighted by molar-refractivity contribution is 0.541. The Bertz CT molecular complexity index is 408. The molecule has 1 aromatic heterocycles. The van der Waals surface area contributed by atoms with Gasteiger partial charge in [-0.3, -0.25) is 0 Å². The molecule has 104 valence electrons. The molecule has 0 amide bonds. The van der Waals surface area contributed by atoms with Gasteiger partial charge in [0.2, 0.25) is 8.13 Å². The second-order valence-electron chi connectivity index (χ2n) is 4.27. The average Bonchev–Trinajstić information content (AvgIpc) is 2.60. The molecular weight excluding hydrogens is 339 g/mol. The van der Waals surface area contributed by atoms with E-state index in [1.165, 1.54) is 0 Å². The lowest BCUT2D eigenvalue weighted by Gasteiger charge is -2.27. The second kappa shape index (κ2) is 5.92. The fraction of sp³-hybridized carbons (Fsp3) is 0.800. The van der Waals surface area contributed by atoms with Gasteiger partial charge in [0.1, 0.15) is 5.69 Å². The number of rotatable bonds is 4. The topological polar surface area (TPSA) is 30.7 Å². The van der Waals surface area contributed by atoms with Crippen molar-refractivity contribution in [2.45, 2.75) is 47.8 Å². The zero-order valence-corrected chi connectivity index (χ0v) is 14.0. The van der Waals surface area contributed by atoms with E-state index in [1.54, 1.807) is 4.68 Å². The molecule has 8 heteroatoms.